The summed E-state index contributed by atoms with van der Waals surface area (Å²) in [7, 11) is 1.63. The van der Waals surface area contributed by atoms with Crippen LogP contribution in [0.25, 0.3) is 16.9 Å². The Morgan fingerprint density at radius 3 is 2.50 bits per heavy atom. The summed E-state index contributed by atoms with van der Waals surface area (Å²) in [5.41, 5.74) is 3.31. The van der Waals surface area contributed by atoms with Crippen LogP contribution < -0.4 is 14.8 Å². The predicted octanol–water partition coefficient (Wildman–Crippen LogP) is 3.62. The highest BCUT2D eigenvalue weighted by Crippen LogP contribution is 2.22. The number of methoxy groups -OCH3 is 1. The highest BCUT2D eigenvalue weighted by atomic mass is 16.5. The maximum atomic E-state index is 12.5. The molecule has 0 unspecified atom stereocenters. The van der Waals surface area contributed by atoms with E-state index < -0.39 is 0 Å². The van der Waals surface area contributed by atoms with Crippen molar-refractivity contribution in [2.45, 2.75) is 26.3 Å². The molecule has 1 N–H and O–H groups in total. The molecule has 8 heteroatoms. The molecule has 1 amide bonds. The average molecular weight is 431 g/mol. The number of fused-ring (bicyclic) bond motifs is 1. The molecule has 4 aromatic rings. The van der Waals surface area contributed by atoms with E-state index in [4.69, 9.17) is 9.47 Å². The number of benzene rings is 2. The monoisotopic (exact) mass is 431 g/mol. The van der Waals surface area contributed by atoms with Gasteiger partial charge in [0.15, 0.2) is 11.5 Å². The van der Waals surface area contributed by atoms with E-state index in [1.807, 2.05) is 68.4 Å². The van der Waals surface area contributed by atoms with Crippen molar-refractivity contribution in [2.24, 2.45) is 0 Å². The molecule has 32 heavy (non-hydrogen) atoms. The van der Waals surface area contributed by atoms with Gasteiger partial charge in [0.1, 0.15) is 17.8 Å². The second kappa shape index (κ2) is 9.47. The van der Waals surface area contributed by atoms with E-state index in [1.54, 1.807) is 18.0 Å². The zero-order valence-electron chi connectivity index (χ0n) is 18.3. The third kappa shape index (κ3) is 4.85. The Kier molecular flexibility index (Phi) is 6.30. The summed E-state index contributed by atoms with van der Waals surface area (Å²) in [6, 6.07) is 16.7. The molecule has 0 fully saturated rings. The Balaban J connectivity index is 1.43. The number of nitrogens with zero attached hydrogens (tertiary/aromatic N) is 4. The van der Waals surface area contributed by atoms with Gasteiger partial charge in [-0.05, 0) is 55.8 Å². The van der Waals surface area contributed by atoms with E-state index in [-0.39, 0.29) is 18.4 Å². The van der Waals surface area contributed by atoms with Crippen molar-refractivity contribution >= 4 is 11.6 Å². The van der Waals surface area contributed by atoms with Crippen LogP contribution in [-0.2, 0) is 11.2 Å². The van der Waals surface area contributed by atoms with Crippen LogP contribution in [0, 0.1) is 0 Å². The fourth-order valence-corrected chi connectivity index (χ4v) is 3.33. The Hall–Kier alpha value is -3.94. The highest BCUT2D eigenvalue weighted by molar-refractivity contribution is 5.79. The van der Waals surface area contributed by atoms with Crippen LogP contribution in [0.4, 0.5) is 0 Å². The van der Waals surface area contributed by atoms with Gasteiger partial charge in [0.05, 0.1) is 31.9 Å². The molecule has 2 aromatic carbocycles. The first-order valence-electron chi connectivity index (χ1n) is 10.4. The van der Waals surface area contributed by atoms with Crippen molar-refractivity contribution < 1.29 is 14.3 Å². The molecule has 164 valence electrons. The van der Waals surface area contributed by atoms with E-state index in [0.29, 0.717) is 18.1 Å². The number of carbonyl (C=O) groups is 1. The van der Waals surface area contributed by atoms with Gasteiger partial charge < -0.3 is 14.8 Å². The van der Waals surface area contributed by atoms with E-state index in [2.05, 4.69) is 20.4 Å². The molecule has 0 aliphatic carbocycles. The minimum Gasteiger partial charge on any atom is -0.497 e. The van der Waals surface area contributed by atoms with Crippen molar-refractivity contribution in [3.05, 3.63) is 72.3 Å². The third-order valence-electron chi connectivity index (χ3n) is 5.00. The second-order valence-corrected chi connectivity index (χ2v) is 7.32. The average Bonchev–Trinajstić information content (AvgIpc) is 3.24. The predicted molar refractivity (Wildman–Crippen MR) is 121 cm³/mol. The Bertz CT molecular complexity index is 1200. The normalized spacial score (nSPS) is 11.8. The molecule has 1 atom stereocenters. The maximum absolute atomic E-state index is 12.5. The van der Waals surface area contributed by atoms with Crippen molar-refractivity contribution in [3.8, 4) is 22.8 Å². The van der Waals surface area contributed by atoms with Crippen LogP contribution in [0.5, 0.6) is 11.5 Å². The molecule has 2 aromatic heterocycles. The quantitative estimate of drug-likeness (QED) is 0.458. The number of carbonyl (C=O) groups excluding carboxylic acids is 1. The lowest BCUT2D eigenvalue weighted by atomic mass is 10.1. The van der Waals surface area contributed by atoms with Crippen LogP contribution in [0.1, 0.15) is 31.3 Å². The molecule has 0 saturated carbocycles. The van der Waals surface area contributed by atoms with Crippen LogP contribution in [0.2, 0.25) is 0 Å². The minimum absolute atomic E-state index is 0.0995. The first-order chi connectivity index (χ1) is 15.6. The molecule has 8 nitrogen and oxygen atoms in total. The van der Waals surface area contributed by atoms with Crippen LogP contribution >= 0.6 is 0 Å². The fraction of sp³-hybridized carbons (Fsp3) is 0.250. The van der Waals surface area contributed by atoms with E-state index in [9.17, 15) is 4.79 Å². The molecular formula is C24H25N5O3. The van der Waals surface area contributed by atoms with E-state index >= 15 is 0 Å². The number of amides is 1. The zero-order valence-corrected chi connectivity index (χ0v) is 18.3. The Labute approximate surface area is 186 Å². The first-order valence-corrected chi connectivity index (χ1v) is 10.4. The van der Waals surface area contributed by atoms with Crippen LogP contribution in [-0.4, -0.2) is 39.2 Å². The number of rotatable bonds is 8. The van der Waals surface area contributed by atoms with Gasteiger partial charge >= 0.3 is 0 Å². The maximum Gasteiger partial charge on any atom is 0.224 e. The minimum atomic E-state index is -0.338. The summed E-state index contributed by atoms with van der Waals surface area (Å²) in [6.45, 7) is 4.41. The van der Waals surface area contributed by atoms with Gasteiger partial charge in [-0.1, -0.05) is 12.1 Å². The topological polar surface area (TPSA) is 90.6 Å². The van der Waals surface area contributed by atoms with Crippen LogP contribution in [0.15, 0.2) is 60.9 Å². The zero-order chi connectivity index (χ0) is 22.5. The summed E-state index contributed by atoms with van der Waals surface area (Å²) in [6.07, 6.45) is 1.90. The molecular weight excluding hydrogens is 406 g/mol. The van der Waals surface area contributed by atoms with Crippen molar-refractivity contribution in [1.29, 1.82) is 0 Å². The smallest absolute Gasteiger partial charge is 0.224 e. The lowest BCUT2D eigenvalue weighted by molar-refractivity contribution is -0.121. The number of hydrogen-bond acceptors (Lipinski definition) is 6. The van der Waals surface area contributed by atoms with Gasteiger partial charge in [0.25, 0.3) is 0 Å². The molecule has 2 heterocycles. The van der Waals surface area contributed by atoms with Gasteiger partial charge in [-0.25, -0.2) is 14.5 Å². The summed E-state index contributed by atoms with van der Waals surface area (Å²) >= 11 is 0. The van der Waals surface area contributed by atoms with E-state index in [1.165, 1.54) is 0 Å². The standard InChI is InChI=1S/C24H25N5O3/c1-4-32-20-9-5-17(6-10-20)13-23(30)26-16(2)24-27-22-14-21(25-15-29(22)28-24)18-7-11-19(31-3)12-8-18/h5-12,14-16H,4,13H2,1-3H3,(H,26,30)/t16-/m1/s1. The second-order valence-electron chi connectivity index (χ2n) is 7.32. The molecule has 4 rings (SSSR count). The molecule has 0 saturated heterocycles. The molecule has 0 bridgehead atoms. The van der Waals surface area contributed by atoms with Crippen molar-refractivity contribution in [2.75, 3.05) is 13.7 Å². The SMILES string of the molecule is CCOc1ccc(CC(=O)N[C@H](C)c2nc3cc(-c4ccc(OC)cc4)ncn3n2)cc1. The summed E-state index contributed by atoms with van der Waals surface area (Å²) in [5.74, 6) is 2.01. The van der Waals surface area contributed by atoms with Crippen molar-refractivity contribution in [3.63, 3.8) is 0 Å². The first kappa shape index (κ1) is 21.3. The van der Waals surface area contributed by atoms with Gasteiger partial charge in [0.2, 0.25) is 5.91 Å². The molecule has 0 aliphatic rings. The number of nitrogens with one attached hydrogen (secondary N) is 1. The van der Waals surface area contributed by atoms with Gasteiger partial charge in [-0.15, -0.1) is 5.10 Å². The van der Waals surface area contributed by atoms with Crippen molar-refractivity contribution in [1.82, 2.24) is 24.9 Å². The number of hydrogen-bond donors (Lipinski definition) is 1. The van der Waals surface area contributed by atoms with Crippen LogP contribution in [0.3, 0.4) is 0 Å². The van der Waals surface area contributed by atoms with Gasteiger partial charge in [0, 0.05) is 11.6 Å². The number of aromatic nitrogens is 4. The van der Waals surface area contributed by atoms with E-state index in [0.717, 1.165) is 28.3 Å². The molecule has 0 aliphatic heterocycles. The van der Waals surface area contributed by atoms with Gasteiger partial charge in [-0.3, -0.25) is 4.79 Å². The number of ether oxygens (including phenoxy) is 2. The Morgan fingerprint density at radius 1 is 1.09 bits per heavy atom. The largest absolute Gasteiger partial charge is 0.497 e. The van der Waals surface area contributed by atoms with Gasteiger partial charge in [-0.2, -0.15) is 0 Å². The summed E-state index contributed by atoms with van der Waals surface area (Å²) < 4.78 is 12.2. The Morgan fingerprint density at radius 2 is 1.81 bits per heavy atom. The summed E-state index contributed by atoms with van der Waals surface area (Å²) in [4.78, 5) is 21.5. The lowest BCUT2D eigenvalue weighted by Gasteiger charge is -2.10. The lowest BCUT2D eigenvalue weighted by Crippen LogP contribution is -2.28. The highest BCUT2D eigenvalue weighted by Gasteiger charge is 2.16. The third-order valence-corrected chi connectivity index (χ3v) is 5.00. The summed E-state index contributed by atoms with van der Waals surface area (Å²) in [5, 5.41) is 7.42. The molecule has 0 radical (unpaired) electrons. The fourth-order valence-electron chi connectivity index (χ4n) is 3.33. The molecule has 0 spiro atoms.